The van der Waals surface area contributed by atoms with E-state index in [4.69, 9.17) is 4.74 Å². The minimum absolute atomic E-state index is 0.0941. The van der Waals surface area contributed by atoms with Crippen molar-refractivity contribution >= 4 is 22.5 Å². The second-order valence-corrected chi connectivity index (χ2v) is 9.45. The van der Waals surface area contributed by atoms with Gasteiger partial charge in [0.2, 0.25) is 0 Å². The Morgan fingerprint density at radius 1 is 1.22 bits per heavy atom. The highest BCUT2D eigenvalue weighted by atomic mass is 19.1. The molecule has 1 saturated heterocycles. The number of hydrogen-bond donors (Lipinski definition) is 1. The third-order valence-corrected chi connectivity index (χ3v) is 6.78. The van der Waals surface area contributed by atoms with Crippen LogP contribution in [0, 0.1) is 19.7 Å². The molecule has 0 spiro atoms. The molecule has 4 heterocycles. The number of rotatable bonds is 7. The van der Waals surface area contributed by atoms with Crippen molar-refractivity contribution in [3.63, 3.8) is 0 Å². The maximum absolute atomic E-state index is 14.2. The highest BCUT2D eigenvalue weighted by Crippen LogP contribution is 2.32. The monoisotopic (exact) mass is 502 g/mol. The molecule has 0 bridgehead atoms. The lowest BCUT2D eigenvalue weighted by atomic mass is 10.0. The summed E-state index contributed by atoms with van der Waals surface area (Å²) in [6, 6.07) is 10.3. The Morgan fingerprint density at radius 2 is 2.08 bits per heavy atom. The van der Waals surface area contributed by atoms with Crippen LogP contribution in [0.15, 0.2) is 48.8 Å². The first-order valence-electron chi connectivity index (χ1n) is 12.5. The van der Waals surface area contributed by atoms with Gasteiger partial charge in [-0.1, -0.05) is 0 Å². The van der Waals surface area contributed by atoms with Gasteiger partial charge in [0.1, 0.15) is 17.3 Å². The van der Waals surface area contributed by atoms with Crippen molar-refractivity contribution in [1.82, 2.24) is 25.1 Å². The van der Waals surface area contributed by atoms with Gasteiger partial charge in [-0.15, -0.1) is 0 Å². The molecule has 8 nitrogen and oxygen atoms in total. The zero-order chi connectivity index (χ0) is 25.9. The zero-order valence-electron chi connectivity index (χ0n) is 21.4. The van der Waals surface area contributed by atoms with E-state index in [0.717, 1.165) is 47.3 Å². The first-order valence-corrected chi connectivity index (χ1v) is 12.5. The molecule has 37 heavy (non-hydrogen) atoms. The summed E-state index contributed by atoms with van der Waals surface area (Å²) in [5.74, 6) is -0.00233. The largest absolute Gasteiger partial charge is 0.383 e. The van der Waals surface area contributed by atoms with Gasteiger partial charge >= 0.3 is 0 Å². The second kappa shape index (κ2) is 10.7. The molecule has 0 saturated carbocycles. The lowest BCUT2D eigenvalue weighted by Gasteiger charge is -2.34. The molecular weight excluding hydrogens is 471 g/mol. The van der Waals surface area contributed by atoms with Gasteiger partial charge in [-0.05, 0) is 80.6 Å². The van der Waals surface area contributed by atoms with E-state index in [9.17, 15) is 9.18 Å². The summed E-state index contributed by atoms with van der Waals surface area (Å²) >= 11 is 0. The van der Waals surface area contributed by atoms with Crippen molar-refractivity contribution in [2.45, 2.75) is 39.3 Å². The van der Waals surface area contributed by atoms with E-state index in [1.54, 1.807) is 36.5 Å². The number of hydrogen-bond acceptors (Lipinski definition) is 6. The van der Waals surface area contributed by atoms with E-state index in [2.05, 4.69) is 20.4 Å². The van der Waals surface area contributed by atoms with Crippen LogP contribution in [0.2, 0.25) is 0 Å². The summed E-state index contributed by atoms with van der Waals surface area (Å²) < 4.78 is 21.2. The van der Waals surface area contributed by atoms with Crippen molar-refractivity contribution in [3.8, 4) is 11.3 Å². The van der Waals surface area contributed by atoms with Gasteiger partial charge in [-0.25, -0.2) is 9.37 Å². The number of halogens is 1. The SMILES string of the molecule is COCCn1nc(C)cc1-c1ccc(C(=O)N(c2nccc3cc(F)cc(C)c23)[C@@H]2CCCNC2)nc1. The normalized spacial score (nSPS) is 15.7. The first-order chi connectivity index (χ1) is 18.0. The number of carbonyl (C=O) groups is 1. The number of nitrogens with zero attached hydrogens (tertiary/aromatic N) is 5. The number of nitrogens with one attached hydrogen (secondary N) is 1. The van der Waals surface area contributed by atoms with Gasteiger partial charge in [0.25, 0.3) is 5.91 Å². The fourth-order valence-electron chi connectivity index (χ4n) is 5.05. The lowest BCUT2D eigenvalue weighted by Crippen LogP contribution is -2.49. The molecule has 1 aliphatic rings. The number of aromatic nitrogens is 4. The molecule has 192 valence electrons. The third kappa shape index (κ3) is 5.10. The third-order valence-electron chi connectivity index (χ3n) is 6.78. The summed E-state index contributed by atoms with van der Waals surface area (Å²) in [5, 5.41) is 9.43. The number of ether oxygens (including phenoxy) is 1. The molecular formula is C28H31FN6O2. The van der Waals surface area contributed by atoms with Crippen molar-refractivity contribution in [2.24, 2.45) is 0 Å². The van der Waals surface area contributed by atoms with E-state index in [1.165, 1.54) is 12.1 Å². The molecule has 0 unspecified atom stereocenters. The Kier molecular flexibility index (Phi) is 7.25. The average molecular weight is 503 g/mol. The van der Waals surface area contributed by atoms with Crippen molar-refractivity contribution in [3.05, 3.63) is 71.6 Å². The van der Waals surface area contributed by atoms with Crippen LogP contribution in [0.1, 0.15) is 34.6 Å². The molecule has 1 amide bonds. The number of amides is 1. The topological polar surface area (TPSA) is 85.2 Å². The Bertz CT molecular complexity index is 1410. The molecule has 1 atom stereocenters. The fourth-order valence-corrected chi connectivity index (χ4v) is 5.05. The Balaban J connectivity index is 1.53. The van der Waals surface area contributed by atoms with E-state index in [1.807, 2.05) is 30.7 Å². The molecule has 0 aliphatic carbocycles. The fraction of sp³-hybridized carbons (Fsp3) is 0.357. The second-order valence-electron chi connectivity index (χ2n) is 9.45. The summed E-state index contributed by atoms with van der Waals surface area (Å²) in [4.78, 5) is 25.0. The zero-order valence-corrected chi connectivity index (χ0v) is 21.4. The standard InChI is InChI=1S/C28H31FN6O2/c1-18-13-22(29)15-20-8-10-31-27(26(18)20)35(23-5-4-9-30-17-23)28(36)24-7-6-21(16-32-24)25-14-19(2)33-34(25)11-12-37-3/h6-8,10,13-16,23,30H,4-5,9,11-12,17H2,1-3H3/t23-/m1/s1. The highest BCUT2D eigenvalue weighted by molar-refractivity contribution is 6.10. The smallest absolute Gasteiger partial charge is 0.278 e. The van der Waals surface area contributed by atoms with Crippen molar-refractivity contribution in [1.29, 1.82) is 0 Å². The van der Waals surface area contributed by atoms with E-state index >= 15 is 0 Å². The van der Waals surface area contributed by atoms with Gasteiger partial charge in [0.05, 0.1) is 30.6 Å². The van der Waals surface area contributed by atoms with E-state index in [0.29, 0.717) is 36.6 Å². The van der Waals surface area contributed by atoms with Crippen molar-refractivity contribution < 1.29 is 13.9 Å². The van der Waals surface area contributed by atoms with Crippen LogP contribution in [-0.2, 0) is 11.3 Å². The molecule has 5 rings (SSSR count). The molecule has 1 aromatic carbocycles. The average Bonchev–Trinajstić information content (AvgIpc) is 3.28. The summed E-state index contributed by atoms with van der Waals surface area (Å²) in [5.41, 5.74) is 3.75. The molecule has 3 aromatic heterocycles. The van der Waals surface area contributed by atoms with Crippen LogP contribution in [0.4, 0.5) is 10.2 Å². The van der Waals surface area contributed by atoms with Gasteiger partial charge in [-0.2, -0.15) is 5.10 Å². The number of benzene rings is 1. The molecule has 0 radical (unpaired) electrons. The van der Waals surface area contributed by atoms with Gasteiger partial charge in [0.15, 0.2) is 0 Å². The van der Waals surface area contributed by atoms with Crippen LogP contribution in [0.5, 0.6) is 0 Å². The van der Waals surface area contributed by atoms with Gasteiger partial charge < -0.3 is 10.1 Å². The van der Waals surface area contributed by atoms with Crippen molar-refractivity contribution in [2.75, 3.05) is 31.7 Å². The van der Waals surface area contributed by atoms with Gasteiger partial charge in [-0.3, -0.25) is 19.4 Å². The number of carbonyl (C=O) groups excluding carboxylic acids is 1. The van der Waals surface area contributed by atoms with Crippen LogP contribution < -0.4 is 10.2 Å². The maximum Gasteiger partial charge on any atom is 0.278 e. The predicted molar refractivity (Wildman–Crippen MR) is 141 cm³/mol. The number of aryl methyl sites for hydroxylation is 2. The van der Waals surface area contributed by atoms with Crippen LogP contribution >= 0.6 is 0 Å². The van der Waals surface area contributed by atoms with E-state index < -0.39 is 0 Å². The minimum atomic E-state index is -0.309. The molecule has 4 aromatic rings. The molecule has 1 fully saturated rings. The minimum Gasteiger partial charge on any atom is -0.383 e. The quantitative estimate of drug-likeness (QED) is 0.406. The molecule has 9 heteroatoms. The highest BCUT2D eigenvalue weighted by Gasteiger charge is 2.31. The number of methoxy groups -OCH3 is 1. The number of fused-ring (bicyclic) bond motifs is 1. The Hall–Kier alpha value is -3.69. The predicted octanol–water partition coefficient (Wildman–Crippen LogP) is 4.29. The number of pyridine rings is 2. The van der Waals surface area contributed by atoms with Crippen LogP contribution in [0.3, 0.4) is 0 Å². The summed E-state index contributed by atoms with van der Waals surface area (Å²) in [6.45, 7) is 6.52. The van der Waals surface area contributed by atoms with Crippen LogP contribution in [0.25, 0.3) is 22.0 Å². The summed E-state index contributed by atoms with van der Waals surface area (Å²) in [7, 11) is 1.66. The van der Waals surface area contributed by atoms with Gasteiger partial charge in [0, 0.05) is 37.0 Å². The van der Waals surface area contributed by atoms with Crippen LogP contribution in [-0.4, -0.2) is 58.5 Å². The first kappa shape index (κ1) is 25.0. The Labute approximate surface area is 215 Å². The molecule has 1 aliphatic heterocycles. The number of piperidine rings is 1. The number of anilines is 1. The molecule has 1 N–H and O–H groups in total. The maximum atomic E-state index is 14.2. The van der Waals surface area contributed by atoms with E-state index in [-0.39, 0.29) is 17.8 Å². The lowest BCUT2D eigenvalue weighted by molar-refractivity contribution is 0.0967. The Morgan fingerprint density at radius 3 is 2.81 bits per heavy atom. The summed E-state index contributed by atoms with van der Waals surface area (Å²) in [6.07, 6.45) is 5.13.